The van der Waals surface area contributed by atoms with Gasteiger partial charge in [0.2, 0.25) is 5.91 Å². The number of benzene rings is 1. The van der Waals surface area contributed by atoms with Crippen LogP contribution >= 0.6 is 23.2 Å². The molecule has 1 aromatic carbocycles. The Labute approximate surface area is 126 Å². The SMILES string of the molecule is Cc1nn(C)c(Cl)c1CN1C(=O)Cc2ccc(Cl)cc21. The van der Waals surface area contributed by atoms with Crippen LogP contribution < -0.4 is 4.90 Å². The van der Waals surface area contributed by atoms with Crippen LogP contribution in [0.1, 0.15) is 16.8 Å². The molecule has 0 radical (unpaired) electrons. The molecule has 0 saturated carbocycles. The van der Waals surface area contributed by atoms with Gasteiger partial charge in [0.25, 0.3) is 0 Å². The standard InChI is InChI=1S/C14H13Cl2N3O/c1-8-11(14(16)18(2)17-8)7-19-12-6-10(15)4-3-9(12)5-13(19)20/h3-4,6H,5,7H2,1-2H3. The van der Waals surface area contributed by atoms with Crippen molar-refractivity contribution in [3.8, 4) is 0 Å². The molecule has 3 rings (SSSR count). The quantitative estimate of drug-likeness (QED) is 0.855. The number of hydrogen-bond donors (Lipinski definition) is 0. The molecule has 1 aliphatic heterocycles. The van der Waals surface area contributed by atoms with E-state index in [1.807, 2.05) is 19.1 Å². The summed E-state index contributed by atoms with van der Waals surface area (Å²) in [5.41, 5.74) is 3.56. The lowest BCUT2D eigenvalue weighted by Crippen LogP contribution is -2.26. The summed E-state index contributed by atoms with van der Waals surface area (Å²) in [6.45, 7) is 2.31. The van der Waals surface area contributed by atoms with Gasteiger partial charge in [-0.1, -0.05) is 29.3 Å². The fourth-order valence-corrected chi connectivity index (χ4v) is 2.92. The molecule has 0 bridgehead atoms. The number of carbonyl (C=O) groups is 1. The van der Waals surface area contributed by atoms with E-state index in [4.69, 9.17) is 23.2 Å². The maximum atomic E-state index is 12.2. The fourth-order valence-electron chi connectivity index (χ4n) is 2.52. The van der Waals surface area contributed by atoms with Crippen molar-refractivity contribution in [2.45, 2.75) is 19.9 Å². The Morgan fingerprint density at radius 2 is 2.10 bits per heavy atom. The summed E-state index contributed by atoms with van der Waals surface area (Å²) in [5, 5.41) is 5.46. The zero-order valence-electron chi connectivity index (χ0n) is 11.2. The van der Waals surface area contributed by atoms with Crippen molar-refractivity contribution < 1.29 is 4.79 Å². The summed E-state index contributed by atoms with van der Waals surface area (Å²) in [6, 6.07) is 5.52. The molecule has 104 valence electrons. The molecule has 0 N–H and O–H groups in total. The van der Waals surface area contributed by atoms with Crippen LogP contribution in [-0.2, 0) is 24.8 Å². The van der Waals surface area contributed by atoms with Crippen molar-refractivity contribution in [3.63, 3.8) is 0 Å². The van der Waals surface area contributed by atoms with Crippen LogP contribution in [0.2, 0.25) is 10.2 Å². The summed E-state index contributed by atoms with van der Waals surface area (Å²) in [6.07, 6.45) is 0.406. The van der Waals surface area contributed by atoms with E-state index >= 15 is 0 Å². The first kappa shape index (κ1) is 13.5. The summed E-state index contributed by atoms with van der Waals surface area (Å²) in [4.78, 5) is 13.9. The van der Waals surface area contributed by atoms with E-state index in [-0.39, 0.29) is 5.91 Å². The predicted octanol–water partition coefficient (Wildman–Crippen LogP) is 3.12. The van der Waals surface area contributed by atoms with Crippen LogP contribution in [0.4, 0.5) is 5.69 Å². The number of rotatable bonds is 2. The van der Waals surface area contributed by atoms with Crippen molar-refractivity contribution in [1.82, 2.24) is 9.78 Å². The molecule has 4 nitrogen and oxygen atoms in total. The van der Waals surface area contributed by atoms with Gasteiger partial charge >= 0.3 is 0 Å². The number of carbonyl (C=O) groups excluding carboxylic acids is 1. The van der Waals surface area contributed by atoms with E-state index in [0.29, 0.717) is 23.1 Å². The molecule has 0 spiro atoms. The topological polar surface area (TPSA) is 38.1 Å². The summed E-state index contributed by atoms with van der Waals surface area (Å²) >= 11 is 12.3. The molecular formula is C14H13Cl2N3O. The summed E-state index contributed by atoms with van der Waals surface area (Å²) in [7, 11) is 1.79. The van der Waals surface area contributed by atoms with Gasteiger partial charge in [0.15, 0.2) is 0 Å². The van der Waals surface area contributed by atoms with E-state index in [9.17, 15) is 4.79 Å². The Hall–Kier alpha value is -1.52. The Morgan fingerprint density at radius 1 is 1.35 bits per heavy atom. The maximum absolute atomic E-state index is 12.2. The number of fused-ring (bicyclic) bond motifs is 1. The fraction of sp³-hybridized carbons (Fsp3) is 0.286. The number of hydrogen-bond acceptors (Lipinski definition) is 2. The van der Waals surface area contributed by atoms with Crippen molar-refractivity contribution in [2.24, 2.45) is 7.05 Å². The molecule has 6 heteroatoms. The van der Waals surface area contributed by atoms with E-state index in [0.717, 1.165) is 22.5 Å². The summed E-state index contributed by atoms with van der Waals surface area (Å²) in [5.74, 6) is 0.0570. The molecule has 2 heterocycles. The predicted molar refractivity (Wildman–Crippen MR) is 79.3 cm³/mol. The molecule has 1 amide bonds. The van der Waals surface area contributed by atoms with Gasteiger partial charge in [-0.15, -0.1) is 0 Å². The Kier molecular flexibility index (Phi) is 3.22. The van der Waals surface area contributed by atoms with Crippen LogP contribution in [-0.4, -0.2) is 15.7 Å². The van der Waals surface area contributed by atoms with Crippen molar-refractivity contribution in [1.29, 1.82) is 0 Å². The van der Waals surface area contributed by atoms with Gasteiger partial charge in [-0.05, 0) is 24.6 Å². The molecule has 2 aromatic rings. The van der Waals surface area contributed by atoms with Gasteiger partial charge in [0.1, 0.15) is 5.15 Å². The second-order valence-corrected chi connectivity index (χ2v) is 5.70. The van der Waals surface area contributed by atoms with Crippen LogP contribution in [0.3, 0.4) is 0 Å². The zero-order valence-corrected chi connectivity index (χ0v) is 12.7. The van der Waals surface area contributed by atoms with Gasteiger partial charge in [-0.3, -0.25) is 9.48 Å². The minimum Gasteiger partial charge on any atom is -0.307 e. The third-order valence-corrected chi connectivity index (χ3v) is 4.27. The molecule has 1 aromatic heterocycles. The second kappa shape index (κ2) is 4.79. The lowest BCUT2D eigenvalue weighted by atomic mass is 10.2. The highest BCUT2D eigenvalue weighted by molar-refractivity contribution is 6.31. The van der Waals surface area contributed by atoms with Crippen molar-refractivity contribution in [2.75, 3.05) is 4.90 Å². The van der Waals surface area contributed by atoms with Crippen LogP contribution in [0.5, 0.6) is 0 Å². The highest BCUT2D eigenvalue weighted by atomic mass is 35.5. The van der Waals surface area contributed by atoms with Gasteiger partial charge in [-0.2, -0.15) is 5.10 Å². The monoisotopic (exact) mass is 309 g/mol. The Morgan fingerprint density at radius 3 is 2.75 bits per heavy atom. The van der Waals surface area contributed by atoms with Gasteiger partial charge in [-0.25, -0.2) is 0 Å². The lowest BCUT2D eigenvalue weighted by molar-refractivity contribution is -0.117. The average molecular weight is 310 g/mol. The first-order valence-electron chi connectivity index (χ1n) is 6.24. The number of aromatic nitrogens is 2. The van der Waals surface area contributed by atoms with Crippen LogP contribution in [0.15, 0.2) is 18.2 Å². The molecule has 1 aliphatic rings. The van der Waals surface area contributed by atoms with Gasteiger partial charge in [0.05, 0.1) is 18.7 Å². The van der Waals surface area contributed by atoms with E-state index < -0.39 is 0 Å². The lowest BCUT2D eigenvalue weighted by Gasteiger charge is -2.17. The second-order valence-electron chi connectivity index (χ2n) is 4.91. The molecule has 0 saturated heterocycles. The number of aryl methyl sites for hydroxylation is 2. The van der Waals surface area contributed by atoms with Gasteiger partial charge < -0.3 is 4.90 Å². The first-order chi connectivity index (χ1) is 9.47. The summed E-state index contributed by atoms with van der Waals surface area (Å²) < 4.78 is 1.62. The normalized spacial score (nSPS) is 14.0. The first-order valence-corrected chi connectivity index (χ1v) is 6.99. The highest BCUT2D eigenvalue weighted by Gasteiger charge is 2.29. The Balaban J connectivity index is 2.00. The zero-order chi connectivity index (χ0) is 14.4. The van der Waals surface area contributed by atoms with Gasteiger partial charge in [0, 0.05) is 23.3 Å². The maximum Gasteiger partial charge on any atom is 0.231 e. The third kappa shape index (κ3) is 2.09. The third-order valence-electron chi connectivity index (χ3n) is 3.57. The van der Waals surface area contributed by atoms with Crippen LogP contribution in [0.25, 0.3) is 0 Å². The number of halogens is 2. The average Bonchev–Trinajstić information content (AvgIpc) is 2.82. The molecule has 0 aliphatic carbocycles. The minimum atomic E-state index is 0.0570. The highest BCUT2D eigenvalue weighted by Crippen LogP contribution is 2.34. The largest absolute Gasteiger partial charge is 0.307 e. The molecule has 0 unspecified atom stereocenters. The molecular weight excluding hydrogens is 297 g/mol. The number of amides is 1. The van der Waals surface area contributed by atoms with Crippen molar-refractivity contribution in [3.05, 3.63) is 45.2 Å². The van der Waals surface area contributed by atoms with E-state index in [1.165, 1.54) is 0 Å². The van der Waals surface area contributed by atoms with Crippen molar-refractivity contribution >= 4 is 34.8 Å². The molecule has 20 heavy (non-hydrogen) atoms. The number of anilines is 1. The van der Waals surface area contributed by atoms with E-state index in [1.54, 1.807) is 22.7 Å². The molecule has 0 fully saturated rings. The molecule has 0 atom stereocenters. The van der Waals surface area contributed by atoms with E-state index in [2.05, 4.69) is 5.10 Å². The minimum absolute atomic E-state index is 0.0570. The van der Waals surface area contributed by atoms with Crippen LogP contribution in [0, 0.1) is 6.92 Å². The Bertz CT molecular complexity index is 709. The number of nitrogens with zero attached hydrogens (tertiary/aromatic N) is 3. The smallest absolute Gasteiger partial charge is 0.231 e.